The lowest BCUT2D eigenvalue weighted by atomic mass is 10.3. The van der Waals surface area contributed by atoms with Gasteiger partial charge in [-0.3, -0.25) is 0 Å². The van der Waals surface area contributed by atoms with Gasteiger partial charge in [-0.05, 0) is 31.5 Å². The molecule has 1 rings (SSSR count). The Morgan fingerprint density at radius 1 is 1.44 bits per heavy atom. The minimum absolute atomic E-state index is 0.00369. The summed E-state index contributed by atoms with van der Waals surface area (Å²) in [6.07, 6.45) is 0.795. The molecule has 0 saturated heterocycles. The van der Waals surface area contributed by atoms with Crippen LogP contribution in [0.2, 0.25) is 0 Å². The van der Waals surface area contributed by atoms with Crippen LogP contribution in [-0.2, 0) is 10.0 Å². The van der Waals surface area contributed by atoms with Crippen LogP contribution in [0, 0.1) is 0 Å². The van der Waals surface area contributed by atoms with Gasteiger partial charge in [0.2, 0.25) is 10.0 Å². The molecule has 0 fully saturated rings. The van der Waals surface area contributed by atoms with Gasteiger partial charge < -0.3 is 0 Å². The molecule has 5 heteroatoms. The molecule has 1 aromatic rings. The van der Waals surface area contributed by atoms with Crippen LogP contribution in [0.5, 0.6) is 0 Å². The third-order valence-corrected chi connectivity index (χ3v) is 5.15. The highest BCUT2D eigenvalue weighted by atomic mass is 79.9. The van der Waals surface area contributed by atoms with Crippen LogP contribution in [-0.4, -0.2) is 25.8 Å². The van der Waals surface area contributed by atoms with Gasteiger partial charge in [0.05, 0.1) is 4.90 Å². The van der Waals surface area contributed by atoms with Gasteiger partial charge in [0.25, 0.3) is 0 Å². The second-order valence-corrected chi connectivity index (χ2v) is 6.65. The molecule has 1 atom stereocenters. The highest BCUT2D eigenvalue weighted by Crippen LogP contribution is 2.21. The molecule has 0 N–H and O–H groups in total. The summed E-state index contributed by atoms with van der Waals surface area (Å²) in [5.41, 5.74) is 0. The fourth-order valence-electron chi connectivity index (χ4n) is 1.29. The van der Waals surface area contributed by atoms with Gasteiger partial charge in [-0.2, -0.15) is 4.31 Å². The number of halogens is 1. The zero-order valence-corrected chi connectivity index (χ0v) is 12.0. The predicted molar refractivity (Wildman–Crippen MR) is 68.8 cm³/mol. The molecule has 0 heterocycles. The summed E-state index contributed by atoms with van der Waals surface area (Å²) in [5.74, 6) is 0. The van der Waals surface area contributed by atoms with E-state index in [0.717, 1.165) is 10.9 Å². The Morgan fingerprint density at radius 3 is 2.56 bits per heavy atom. The van der Waals surface area contributed by atoms with Crippen molar-refractivity contribution >= 4 is 26.0 Å². The number of nitrogens with zero attached hydrogens (tertiary/aromatic N) is 1. The van der Waals surface area contributed by atoms with E-state index in [1.807, 2.05) is 19.9 Å². The lowest BCUT2D eigenvalue weighted by molar-refractivity contribution is 0.380. The van der Waals surface area contributed by atoms with Crippen LogP contribution in [0.4, 0.5) is 0 Å². The number of hydrogen-bond donors (Lipinski definition) is 0. The largest absolute Gasteiger partial charge is 0.243 e. The molecule has 0 aromatic heterocycles. The van der Waals surface area contributed by atoms with E-state index in [1.54, 1.807) is 25.2 Å². The van der Waals surface area contributed by atoms with Crippen LogP contribution < -0.4 is 0 Å². The van der Waals surface area contributed by atoms with Gasteiger partial charge in [-0.15, -0.1) is 0 Å². The van der Waals surface area contributed by atoms with E-state index in [2.05, 4.69) is 15.9 Å². The molecular formula is C11H16BrNO2S. The number of hydrogen-bond acceptors (Lipinski definition) is 2. The van der Waals surface area contributed by atoms with Gasteiger partial charge in [-0.1, -0.05) is 28.9 Å². The lowest BCUT2D eigenvalue weighted by Crippen LogP contribution is -2.34. The van der Waals surface area contributed by atoms with E-state index in [9.17, 15) is 8.42 Å². The molecule has 1 aromatic carbocycles. The number of benzene rings is 1. The lowest BCUT2D eigenvalue weighted by Gasteiger charge is -2.23. The van der Waals surface area contributed by atoms with Crippen molar-refractivity contribution in [3.8, 4) is 0 Å². The molecule has 0 bridgehead atoms. The molecule has 0 radical (unpaired) electrons. The summed E-state index contributed by atoms with van der Waals surface area (Å²) in [6.45, 7) is 3.87. The first-order valence-corrected chi connectivity index (χ1v) is 7.36. The summed E-state index contributed by atoms with van der Waals surface area (Å²) in [4.78, 5) is 0.324. The first-order chi connectivity index (χ1) is 7.39. The van der Waals surface area contributed by atoms with Crippen LogP contribution in [0.15, 0.2) is 33.6 Å². The van der Waals surface area contributed by atoms with Crippen LogP contribution >= 0.6 is 15.9 Å². The minimum atomic E-state index is -3.37. The zero-order valence-electron chi connectivity index (χ0n) is 9.64. The first kappa shape index (κ1) is 13.7. The van der Waals surface area contributed by atoms with Crippen molar-refractivity contribution in [3.63, 3.8) is 0 Å². The van der Waals surface area contributed by atoms with E-state index in [-0.39, 0.29) is 6.04 Å². The van der Waals surface area contributed by atoms with Gasteiger partial charge >= 0.3 is 0 Å². The highest BCUT2D eigenvalue weighted by Gasteiger charge is 2.24. The summed E-state index contributed by atoms with van der Waals surface area (Å²) in [5, 5.41) is 0. The Kier molecular flexibility index (Phi) is 4.52. The maximum absolute atomic E-state index is 12.2. The van der Waals surface area contributed by atoms with Crippen LogP contribution in [0.3, 0.4) is 0 Å². The molecule has 1 unspecified atom stereocenters. The summed E-state index contributed by atoms with van der Waals surface area (Å²) in [6, 6.07) is 6.76. The quantitative estimate of drug-likeness (QED) is 0.858. The van der Waals surface area contributed by atoms with Crippen molar-refractivity contribution in [2.75, 3.05) is 7.05 Å². The molecule has 0 saturated carbocycles. The minimum Gasteiger partial charge on any atom is -0.207 e. The van der Waals surface area contributed by atoms with Gasteiger partial charge in [0.15, 0.2) is 0 Å². The molecule has 16 heavy (non-hydrogen) atoms. The number of rotatable bonds is 4. The maximum Gasteiger partial charge on any atom is 0.243 e. The molecule has 3 nitrogen and oxygen atoms in total. The Hall–Kier alpha value is -0.390. The standard InChI is InChI=1S/C11H16BrNO2S/c1-4-9(2)13(3)16(14,15)11-7-5-6-10(12)8-11/h5-9H,4H2,1-3H3. The van der Waals surface area contributed by atoms with Crippen molar-refractivity contribution in [2.24, 2.45) is 0 Å². The Bertz CT molecular complexity index is 459. The van der Waals surface area contributed by atoms with Crippen molar-refractivity contribution in [1.82, 2.24) is 4.31 Å². The van der Waals surface area contributed by atoms with Gasteiger partial charge in [-0.25, -0.2) is 8.42 Å². The zero-order chi connectivity index (χ0) is 12.3. The molecule has 0 spiro atoms. The summed E-state index contributed by atoms with van der Waals surface area (Å²) < 4.78 is 26.6. The normalized spacial score (nSPS) is 14.1. The Labute approximate surface area is 106 Å². The van der Waals surface area contributed by atoms with Crippen molar-refractivity contribution < 1.29 is 8.42 Å². The second-order valence-electron chi connectivity index (χ2n) is 3.74. The topological polar surface area (TPSA) is 37.4 Å². The molecule has 0 aliphatic carbocycles. The highest BCUT2D eigenvalue weighted by molar-refractivity contribution is 9.10. The third kappa shape index (κ3) is 2.84. The molecule has 0 aliphatic heterocycles. The fourth-order valence-corrected chi connectivity index (χ4v) is 3.32. The molecular weight excluding hydrogens is 290 g/mol. The van der Waals surface area contributed by atoms with Crippen molar-refractivity contribution in [2.45, 2.75) is 31.2 Å². The molecule has 0 aliphatic rings. The third-order valence-electron chi connectivity index (χ3n) is 2.68. The second kappa shape index (κ2) is 5.29. The average Bonchev–Trinajstić information content (AvgIpc) is 2.27. The van der Waals surface area contributed by atoms with E-state index >= 15 is 0 Å². The molecule has 0 amide bonds. The monoisotopic (exact) mass is 305 g/mol. The van der Waals surface area contributed by atoms with E-state index in [4.69, 9.17) is 0 Å². The van der Waals surface area contributed by atoms with Crippen LogP contribution in [0.1, 0.15) is 20.3 Å². The van der Waals surface area contributed by atoms with Crippen molar-refractivity contribution in [1.29, 1.82) is 0 Å². The van der Waals surface area contributed by atoms with E-state index in [1.165, 1.54) is 4.31 Å². The smallest absolute Gasteiger partial charge is 0.207 e. The Balaban J connectivity index is 3.12. The number of sulfonamides is 1. The summed E-state index contributed by atoms with van der Waals surface area (Å²) in [7, 11) is -1.75. The Morgan fingerprint density at radius 2 is 2.06 bits per heavy atom. The van der Waals surface area contributed by atoms with Crippen molar-refractivity contribution in [3.05, 3.63) is 28.7 Å². The average molecular weight is 306 g/mol. The SMILES string of the molecule is CCC(C)N(C)S(=O)(=O)c1cccc(Br)c1. The predicted octanol–water partition coefficient (Wildman–Crippen LogP) is 2.87. The first-order valence-electron chi connectivity index (χ1n) is 5.13. The summed E-state index contributed by atoms with van der Waals surface area (Å²) >= 11 is 3.27. The van der Waals surface area contributed by atoms with Gasteiger partial charge in [0, 0.05) is 17.6 Å². The van der Waals surface area contributed by atoms with E-state index < -0.39 is 10.0 Å². The maximum atomic E-state index is 12.2. The van der Waals surface area contributed by atoms with E-state index in [0.29, 0.717) is 4.90 Å². The van der Waals surface area contributed by atoms with Crippen LogP contribution in [0.25, 0.3) is 0 Å². The fraction of sp³-hybridized carbons (Fsp3) is 0.455. The molecule has 90 valence electrons. The van der Waals surface area contributed by atoms with Gasteiger partial charge in [0.1, 0.15) is 0 Å².